The largest absolute Gasteiger partial charge is 0.376 e. The third kappa shape index (κ3) is 4.27. The average molecular weight is 387 g/mol. The van der Waals surface area contributed by atoms with Crippen LogP contribution in [0.3, 0.4) is 0 Å². The van der Waals surface area contributed by atoms with E-state index in [0.717, 1.165) is 62.9 Å². The van der Waals surface area contributed by atoms with Crippen LogP contribution in [0.15, 0.2) is 16.9 Å². The van der Waals surface area contributed by atoms with Gasteiger partial charge in [-0.3, -0.25) is 0 Å². The van der Waals surface area contributed by atoms with Gasteiger partial charge in [0.05, 0.1) is 18.1 Å². The first-order valence-electron chi connectivity index (χ1n) is 10.4. The van der Waals surface area contributed by atoms with Crippen LogP contribution in [0.1, 0.15) is 57.2 Å². The van der Waals surface area contributed by atoms with Crippen molar-refractivity contribution in [3.8, 4) is 0 Å². The van der Waals surface area contributed by atoms with E-state index >= 15 is 0 Å². The lowest BCUT2D eigenvalue weighted by atomic mass is 9.93. The third-order valence-corrected chi connectivity index (χ3v) is 5.65. The standard InChI is InChI=1S/C20H30N6O2/c1-13(2)19-16(7-5-9-27-19)24-17-10-18(22-12-21-17)26-8-4-6-15(11-26)20-23-14(3)25-28-20/h10,12-13,15-16,19H,4-9,11H2,1-3H3,(H,21,22,24)/t15-,16-,19-/m1/s1. The van der Waals surface area contributed by atoms with Crippen LogP contribution in [-0.4, -0.2) is 52.0 Å². The van der Waals surface area contributed by atoms with Gasteiger partial charge in [-0.25, -0.2) is 9.97 Å². The van der Waals surface area contributed by atoms with Crippen molar-refractivity contribution in [3.63, 3.8) is 0 Å². The van der Waals surface area contributed by atoms with Gasteiger partial charge in [-0.05, 0) is 38.5 Å². The molecule has 0 spiro atoms. The lowest BCUT2D eigenvalue weighted by Gasteiger charge is -2.35. The molecular formula is C20H30N6O2. The molecule has 2 aromatic rings. The van der Waals surface area contributed by atoms with Crippen LogP contribution >= 0.6 is 0 Å². The molecule has 2 aliphatic heterocycles. The molecule has 3 atom stereocenters. The molecule has 0 aliphatic carbocycles. The Morgan fingerprint density at radius 2 is 2.11 bits per heavy atom. The number of anilines is 2. The first-order chi connectivity index (χ1) is 13.6. The lowest BCUT2D eigenvalue weighted by Crippen LogP contribution is -2.43. The quantitative estimate of drug-likeness (QED) is 0.838. The maximum absolute atomic E-state index is 6.00. The van der Waals surface area contributed by atoms with Crippen molar-refractivity contribution >= 4 is 11.6 Å². The predicted molar refractivity (Wildman–Crippen MR) is 106 cm³/mol. The summed E-state index contributed by atoms with van der Waals surface area (Å²) in [6.45, 7) is 8.93. The Hall–Kier alpha value is -2.22. The molecule has 2 fully saturated rings. The van der Waals surface area contributed by atoms with Gasteiger partial charge in [-0.1, -0.05) is 19.0 Å². The number of nitrogens with one attached hydrogen (secondary N) is 1. The zero-order valence-corrected chi connectivity index (χ0v) is 17.0. The second-order valence-corrected chi connectivity index (χ2v) is 8.20. The van der Waals surface area contributed by atoms with Crippen molar-refractivity contribution in [1.29, 1.82) is 0 Å². The summed E-state index contributed by atoms with van der Waals surface area (Å²) in [5.41, 5.74) is 0. The Balaban J connectivity index is 1.45. The first kappa shape index (κ1) is 19.1. The van der Waals surface area contributed by atoms with Crippen LogP contribution in [0.25, 0.3) is 0 Å². The van der Waals surface area contributed by atoms with E-state index in [1.165, 1.54) is 0 Å². The monoisotopic (exact) mass is 386 g/mol. The van der Waals surface area contributed by atoms with Crippen LogP contribution < -0.4 is 10.2 Å². The molecule has 4 heterocycles. The van der Waals surface area contributed by atoms with Crippen molar-refractivity contribution < 1.29 is 9.26 Å². The Labute approximate surface area is 166 Å². The number of hydrogen-bond acceptors (Lipinski definition) is 8. The van der Waals surface area contributed by atoms with E-state index in [-0.39, 0.29) is 18.1 Å². The van der Waals surface area contributed by atoms with Crippen molar-refractivity contribution in [3.05, 3.63) is 24.1 Å². The number of rotatable bonds is 5. The Bertz CT molecular complexity index is 780. The zero-order valence-electron chi connectivity index (χ0n) is 17.0. The molecule has 2 aliphatic rings. The summed E-state index contributed by atoms with van der Waals surface area (Å²) < 4.78 is 11.4. The van der Waals surface area contributed by atoms with Crippen LogP contribution in [0.2, 0.25) is 0 Å². The number of aromatic nitrogens is 4. The molecule has 4 rings (SSSR count). The van der Waals surface area contributed by atoms with Gasteiger partial charge in [0, 0.05) is 25.8 Å². The summed E-state index contributed by atoms with van der Waals surface area (Å²) in [6.07, 6.45) is 6.17. The van der Waals surface area contributed by atoms with Crippen LogP contribution in [0, 0.1) is 12.8 Å². The normalized spacial score (nSPS) is 25.9. The number of piperidine rings is 1. The van der Waals surface area contributed by atoms with Gasteiger partial charge < -0.3 is 19.5 Å². The van der Waals surface area contributed by atoms with Crippen molar-refractivity contribution in [2.45, 2.75) is 64.5 Å². The number of ether oxygens (including phenoxy) is 1. The Morgan fingerprint density at radius 3 is 2.89 bits per heavy atom. The Kier molecular flexibility index (Phi) is 5.75. The molecule has 8 heteroatoms. The van der Waals surface area contributed by atoms with Crippen molar-refractivity contribution in [1.82, 2.24) is 20.1 Å². The molecule has 0 aromatic carbocycles. The second kappa shape index (κ2) is 8.43. The highest BCUT2D eigenvalue weighted by Crippen LogP contribution is 2.29. The van der Waals surface area contributed by atoms with Gasteiger partial charge in [0.15, 0.2) is 5.82 Å². The summed E-state index contributed by atoms with van der Waals surface area (Å²) in [4.78, 5) is 15.7. The topological polar surface area (TPSA) is 89.2 Å². The fourth-order valence-electron chi connectivity index (χ4n) is 4.27. The molecule has 0 radical (unpaired) electrons. The van der Waals surface area contributed by atoms with Gasteiger partial charge in [0.25, 0.3) is 0 Å². The summed E-state index contributed by atoms with van der Waals surface area (Å²) in [7, 11) is 0. The van der Waals surface area contributed by atoms with Crippen molar-refractivity contribution in [2.24, 2.45) is 5.92 Å². The molecule has 2 saturated heterocycles. The van der Waals surface area contributed by atoms with Gasteiger partial charge >= 0.3 is 0 Å². The molecular weight excluding hydrogens is 356 g/mol. The average Bonchev–Trinajstić information content (AvgIpc) is 3.15. The maximum Gasteiger partial charge on any atom is 0.231 e. The highest BCUT2D eigenvalue weighted by molar-refractivity contribution is 5.49. The fraction of sp³-hybridized carbons (Fsp3) is 0.700. The molecule has 0 saturated carbocycles. The summed E-state index contributed by atoms with van der Waals surface area (Å²) in [5.74, 6) is 3.94. The van der Waals surface area contributed by atoms with Gasteiger partial charge in [0.2, 0.25) is 5.89 Å². The highest BCUT2D eigenvalue weighted by atomic mass is 16.5. The number of aryl methyl sites for hydroxylation is 1. The smallest absolute Gasteiger partial charge is 0.231 e. The maximum atomic E-state index is 6.00. The molecule has 0 bridgehead atoms. The van der Waals surface area contributed by atoms with E-state index in [1.807, 2.05) is 13.0 Å². The molecule has 1 N–H and O–H groups in total. The lowest BCUT2D eigenvalue weighted by molar-refractivity contribution is -0.0203. The van der Waals surface area contributed by atoms with Gasteiger partial charge in [-0.2, -0.15) is 4.98 Å². The minimum atomic E-state index is 0.215. The van der Waals surface area contributed by atoms with Crippen molar-refractivity contribution in [2.75, 3.05) is 29.9 Å². The molecule has 8 nitrogen and oxygen atoms in total. The minimum absolute atomic E-state index is 0.215. The SMILES string of the molecule is Cc1noc([C@@H]2CCCN(c3cc(N[C@@H]4CCCO[C@@H]4C(C)C)ncn3)C2)n1. The number of nitrogens with zero attached hydrogens (tertiary/aromatic N) is 5. The molecule has 152 valence electrons. The first-order valence-corrected chi connectivity index (χ1v) is 10.4. The highest BCUT2D eigenvalue weighted by Gasteiger charge is 2.30. The van der Waals surface area contributed by atoms with E-state index in [9.17, 15) is 0 Å². The van der Waals surface area contributed by atoms with E-state index in [0.29, 0.717) is 11.7 Å². The fourth-order valence-corrected chi connectivity index (χ4v) is 4.27. The van der Waals surface area contributed by atoms with Crippen LogP contribution in [0.5, 0.6) is 0 Å². The van der Waals surface area contributed by atoms with Crippen LogP contribution in [-0.2, 0) is 4.74 Å². The molecule has 0 amide bonds. The molecule has 0 unspecified atom stereocenters. The summed E-state index contributed by atoms with van der Waals surface area (Å²) in [5, 5.41) is 7.53. The van der Waals surface area contributed by atoms with E-state index < -0.39 is 0 Å². The van der Waals surface area contributed by atoms with E-state index in [2.05, 4.69) is 44.2 Å². The summed E-state index contributed by atoms with van der Waals surface area (Å²) >= 11 is 0. The number of hydrogen-bond donors (Lipinski definition) is 1. The van der Waals surface area contributed by atoms with Crippen LogP contribution in [0.4, 0.5) is 11.6 Å². The molecule has 28 heavy (non-hydrogen) atoms. The Morgan fingerprint density at radius 1 is 1.21 bits per heavy atom. The second-order valence-electron chi connectivity index (χ2n) is 8.20. The van der Waals surface area contributed by atoms with E-state index in [1.54, 1.807) is 6.33 Å². The van der Waals surface area contributed by atoms with Gasteiger partial charge in [-0.15, -0.1) is 0 Å². The molecule has 2 aromatic heterocycles. The van der Waals surface area contributed by atoms with Gasteiger partial charge in [0.1, 0.15) is 18.0 Å². The predicted octanol–water partition coefficient (Wildman–Crippen LogP) is 3.17. The minimum Gasteiger partial charge on any atom is -0.376 e. The summed E-state index contributed by atoms with van der Waals surface area (Å²) in [6, 6.07) is 2.33. The zero-order chi connectivity index (χ0) is 19.5. The van der Waals surface area contributed by atoms with E-state index in [4.69, 9.17) is 9.26 Å². The third-order valence-electron chi connectivity index (χ3n) is 5.65.